The average Bonchev–Trinajstić information content (AvgIpc) is 3.02. The van der Waals surface area contributed by atoms with Crippen LogP contribution in [0.15, 0.2) is 30.6 Å². The molecule has 2 heterocycles. The molecule has 7 heteroatoms. The molecule has 0 aliphatic carbocycles. The van der Waals surface area contributed by atoms with Crippen molar-refractivity contribution in [3.63, 3.8) is 0 Å². The first-order valence-corrected chi connectivity index (χ1v) is 6.20. The number of para-hydroxylation sites is 1. The van der Waals surface area contributed by atoms with E-state index in [9.17, 15) is 9.90 Å². The molecule has 3 rings (SSSR count). The summed E-state index contributed by atoms with van der Waals surface area (Å²) >= 11 is 0. The van der Waals surface area contributed by atoms with E-state index in [1.807, 2.05) is 17.6 Å². The van der Waals surface area contributed by atoms with E-state index in [0.717, 1.165) is 5.82 Å². The van der Waals surface area contributed by atoms with Crippen molar-refractivity contribution in [2.75, 3.05) is 0 Å². The summed E-state index contributed by atoms with van der Waals surface area (Å²) in [6, 6.07) is 5.12. The second-order valence-corrected chi connectivity index (χ2v) is 4.46. The lowest BCUT2D eigenvalue weighted by atomic mass is 10.2. The van der Waals surface area contributed by atoms with Crippen LogP contribution in [0.2, 0.25) is 0 Å². The number of carboxylic acids is 1. The lowest BCUT2D eigenvalue weighted by molar-refractivity contribution is 0.0698. The van der Waals surface area contributed by atoms with E-state index in [1.54, 1.807) is 29.2 Å². The summed E-state index contributed by atoms with van der Waals surface area (Å²) < 4.78 is 3.61. The van der Waals surface area contributed by atoms with E-state index in [4.69, 9.17) is 0 Å². The molecule has 102 valence electrons. The largest absolute Gasteiger partial charge is 0.478 e. The Balaban J connectivity index is 2.04. The third kappa shape index (κ3) is 2.03. The molecule has 20 heavy (non-hydrogen) atoms. The number of carboxylic acid groups (broad SMARTS) is 1. The van der Waals surface area contributed by atoms with Crippen LogP contribution in [0.4, 0.5) is 0 Å². The summed E-state index contributed by atoms with van der Waals surface area (Å²) in [6.07, 6.45) is 3.38. The summed E-state index contributed by atoms with van der Waals surface area (Å²) in [5, 5.41) is 16.9. The van der Waals surface area contributed by atoms with Gasteiger partial charge in [-0.2, -0.15) is 0 Å². The zero-order valence-electron chi connectivity index (χ0n) is 10.9. The molecule has 2 aromatic heterocycles. The number of carbonyl (C=O) groups is 1. The van der Waals surface area contributed by atoms with Gasteiger partial charge in [-0.1, -0.05) is 11.3 Å². The highest BCUT2D eigenvalue weighted by Crippen LogP contribution is 2.20. The van der Waals surface area contributed by atoms with Gasteiger partial charge < -0.3 is 9.67 Å². The van der Waals surface area contributed by atoms with E-state index < -0.39 is 5.97 Å². The number of imidazole rings is 1. The molecule has 0 fully saturated rings. The third-order valence-electron chi connectivity index (χ3n) is 3.21. The zero-order valence-corrected chi connectivity index (χ0v) is 10.9. The fourth-order valence-electron chi connectivity index (χ4n) is 2.30. The maximum absolute atomic E-state index is 11.3. The molecule has 0 saturated carbocycles. The predicted octanol–water partition coefficient (Wildman–Crippen LogP) is 1.33. The lowest BCUT2D eigenvalue weighted by Gasteiger charge is -2.08. The fourth-order valence-corrected chi connectivity index (χ4v) is 2.30. The molecule has 0 aliphatic heterocycles. The normalized spacial score (nSPS) is 11.1. The maximum Gasteiger partial charge on any atom is 0.337 e. The highest BCUT2D eigenvalue weighted by atomic mass is 16.4. The molecule has 3 aromatic rings. The van der Waals surface area contributed by atoms with Crippen LogP contribution >= 0.6 is 0 Å². The first kappa shape index (κ1) is 12.3. The Hall–Kier alpha value is -2.70. The highest BCUT2D eigenvalue weighted by Gasteiger charge is 2.15. The number of benzene rings is 1. The summed E-state index contributed by atoms with van der Waals surface area (Å²) in [5.74, 6) is -0.161. The Morgan fingerprint density at radius 3 is 2.90 bits per heavy atom. The van der Waals surface area contributed by atoms with Crippen LogP contribution in [0.25, 0.3) is 11.0 Å². The van der Waals surface area contributed by atoms with Crippen LogP contribution in [0.5, 0.6) is 0 Å². The van der Waals surface area contributed by atoms with Crippen molar-refractivity contribution in [3.8, 4) is 0 Å². The topological polar surface area (TPSA) is 85.8 Å². The number of rotatable bonds is 4. The van der Waals surface area contributed by atoms with Crippen LogP contribution in [0.1, 0.15) is 16.2 Å². The van der Waals surface area contributed by atoms with Gasteiger partial charge in [0, 0.05) is 12.7 Å². The first-order chi connectivity index (χ1) is 9.66. The molecule has 7 nitrogen and oxygen atoms in total. The van der Waals surface area contributed by atoms with E-state index in [-0.39, 0.29) is 5.56 Å². The quantitative estimate of drug-likeness (QED) is 0.773. The number of aryl methyl sites for hydroxylation is 3. The smallest absolute Gasteiger partial charge is 0.337 e. The van der Waals surface area contributed by atoms with Crippen molar-refractivity contribution in [1.82, 2.24) is 24.5 Å². The number of aromatic nitrogens is 5. The van der Waals surface area contributed by atoms with Gasteiger partial charge in [0.15, 0.2) is 0 Å². The van der Waals surface area contributed by atoms with Crippen molar-refractivity contribution >= 4 is 17.0 Å². The van der Waals surface area contributed by atoms with Crippen molar-refractivity contribution < 1.29 is 9.90 Å². The highest BCUT2D eigenvalue weighted by molar-refractivity contribution is 6.01. The van der Waals surface area contributed by atoms with Crippen LogP contribution in [-0.2, 0) is 13.1 Å². The maximum atomic E-state index is 11.3. The molecule has 0 radical (unpaired) electrons. The van der Waals surface area contributed by atoms with Gasteiger partial charge in [-0.05, 0) is 19.1 Å². The Morgan fingerprint density at radius 2 is 2.20 bits per heavy atom. The van der Waals surface area contributed by atoms with Crippen molar-refractivity contribution in [2.24, 2.45) is 0 Å². The second kappa shape index (κ2) is 4.76. The van der Waals surface area contributed by atoms with Gasteiger partial charge in [0.2, 0.25) is 0 Å². The van der Waals surface area contributed by atoms with Crippen LogP contribution < -0.4 is 0 Å². The monoisotopic (exact) mass is 271 g/mol. The average molecular weight is 271 g/mol. The standard InChI is InChI=1S/C13H13N5O2/c1-9-15-11-4-2-3-10(13(19)20)12(11)18(9)8-7-17-6-5-14-16-17/h2-6H,7-8H2,1H3,(H,19,20). The molecular formula is C13H13N5O2. The molecule has 0 bridgehead atoms. The summed E-state index contributed by atoms with van der Waals surface area (Å²) in [7, 11) is 0. The summed E-state index contributed by atoms with van der Waals surface area (Å²) in [6.45, 7) is 3.07. The molecule has 0 saturated heterocycles. The number of nitrogens with zero attached hydrogens (tertiary/aromatic N) is 5. The molecule has 0 spiro atoms. The zero-order chi connectivity index (χ0) is 14.1. The summed E-state index contributed by atoms with van der Waals surface area (Å²) in [4.78, 5) is 15.8. The minimum Gasteiger partial charge on any atom is -0.478 e. The van der Waals surface area contributed by atoms with Crippen LogP contribution in [-0.4, -0.2) is 35.6 Å². The second-order valence-electron chi connectivity index (χ2n) is 4.46. The molecule has 0 amide bonds. The van der Waals surface area contributed by atoms with Gasteiger partial charge in [0.1, 0.15) is 5.82 Å². The molecule has 0 atom stereocenters. The Kier molecular flexibility index (Phi) is 2.94. The van der Waals surface area contributed by atoms with Gasteiger partial charge in [-0.15, -0.1) is 5.10 Å². The van der Waals surface area contributed by atoms with E-state index in [0.29, 0.717) is 24.1 Å². The fraction of sp³-hybridized carbons (Fsp3) is 0.231. The Labute approximate surface area is 114 Å². The lowest BCUT2D eigenvalue weighted by Crippen LogP contribution is -2.11. The summed E-state index contributed by atoms with van der Waals surface area (Å²) in [5.41, 5.74) is 1.61. The minimum absolute atomic E-state index is 0.265. The van der Waals surface area contributed by atoms with E-state index in [2.05, 4.69) is 15.3 Å². The Morgan fingerprint density at radius 1 is 1.35 bits per heavy atom. The van der Waals surface area contributed by atoms with Gasteiger partial charge in [0.05, 0.1) is 29.3 Å². The van der Waals surface area contributed by atoms with Crippen molar-refractivity contribution in [1.29, 1.82) is 0 Å². The third-order valence-corrected chi connectivity index (χ3v) is 3.21. The molecule has 0 unspecified atom stereocenters. The predicted molar refractivity (Wildman–Crippen MR) is 71.5 cm³/mol. The van der Waals surface area contributed by atoms with Crippen molar-refractivity contribution in [3.05, 3.63) is 42.0 Å². The SMILES string of the molecule is Cc1nc2cccc(C(=O)O)c2n1CCn1ccnn1. The molecule has 0 aliphatic rings. The van der Waals surface area contributed by atoms with Gasteiger partial charge >= 0.3 is 5.97 Å². The van der Waals surface area contributed by atoms with Crippen LogP contribution in [0.3, 0.4) is 0 Å². The van der Waals surface area contributed by atoms with Crippen LogP contribution in [0, 0.1) is 6.92 Å². The van der Waals surface area contributed by atoms with Gasteiger partial charge in [-0.25, -0.2) is 9.78 Å². The number of hydrogen-bond acceptors (Lipinski definition) is 4. The Bertz CT molecular complexity index is 761. The van der Waals surface area contributed by atoms with E-state index >= 15 is 0 Å². The molecular weight excluding hydrogens is 258 g/mol. The van der Waals surface area contributed by atoms with Gasteiger partial charge in [-0.3, -0.25) is 4.68 Å². The van der Waals surface area contributed by atoms with E-state index in [1.165, 1.54) is 0 Å². The number of aromatic carboxylic acids is 1. The molecule has 1 aromatic carbocycles. The number of hydrogen-bond donors (Lipinski definition) is 1. The minimum atomic E-state index is -0.947. The molecule has 1 N–H and O–H groups in total. The van der Waals surface area contributed by atoms with Gasteiger partial charge in [0.25, 0.3) is 0 Å². The first-order valence-electron chi connectivity index (χ1n) is 6.20. The number of fused-ring (bicyclic) bond motifs is 1. The van der Waals surface area contributed by atoms with Crippen molar-refractivity contribution in [2.45, 2.75) is 20.0 Å².